The fraction of sp³-hybridized carbons (Fsp3) is 0.200. The molecule has 15 heavy (non-hydrogen) atoms. The van der Waals surface area contributed by atoms with E-state index in [1.165, 1.54) is 0 Å². The standard InChI is InChI=1S/C10H9BrN2O2/c1-5-3-4-7(11)9-12-6(2)8(10(14)15)13(5)9/h3-4H,1-2H3,(H,14,15). The highest BCUT2D eigenvalue weighted by Crippen LogP contribution is 2.22. The lowest BCUT2D eigenvalue weighted by Crippen LogP contribution is -2.05. The number of carboxylic acid groups (broad SMARTS) is 1. The first-order chi connectivity index (χ1) is 7.02. The number of aromatic nitrogens is 2. The van der Waals surface area contributed by atoms with Crippen LogP contribution in [0.15, 0.2) is 16.6 Å². The molecule has 2 rings (SSSR count). The van der Waals surface area contributed by atoms with Crippen LogP contribution in [0.4, 0.5) is 0 Å². The molecule has 5 heteroatoms. The van der Waals surface area contributed by atoms with Crippen molar-refractivity contribution in [3.8, 4) is 0 Å². The molecule has 0 radical (unpaired) electrons. The smallest absolute Gasteiger partial charge is 0.354 e. The van der Waals surface area contributed by atoms with E-state index in [-0.39, 0.29) is 5.69 Å². The van der Waals surface area contributed by atoms with E-state index in [1.54, 1.807) is 11.3 Å². The minimum absolute atomic E-state index is 0.226. The summed E-state index contributed by atoms with van der Waals surface area (Å²) in [5, 5.41) is 9.09. The summed E-state index contributed by atoms with van der Waals surface area (Å²) in [6.45, 7) is 3.55. The number of pyridine rings is 1. The van der Waals surface area contributed by atoms with Crippen LogP contribution in [0.3, 0.4) is 0 Å². The van der Waals surface area contributed by atoms with Crippen molar-refractivity contribution in [2.45, 2.75) is 13.8 Å². The number of aromatic carboxylic acids is 1. The Balaban J connectivity index is 2.98. The molecule has 4 nitrogen and oxygen atoms in total. The van der Waals surface area contributed by atoms with Gasteiger partial charge in [0.25, 0.3) is 0 Å². The van der Waals surface area contributed by atoms with Crippen molar-refractivity contribution in [3.63, 3.8) is 0 Å². The predicted molar refractivity (Wildman–Crippen MR) is 59.3 cm³/mol. The Hall–Kier alpha value is -1.36. The molecule has 1 N–H and O–H groups in total. The second-order valence-electron chi connectivity index (χ2n) is 3.33. The van der Waals surface area contributed by atoms with E-state index in [1.807, 2.05) is 19.1 Å². The number of imidazole rings is 1. The number of carboxylic acids is 1. The molecule has 0 bridgehead atoms. The third-order valence-electron chi connectivity index (χ3n) is 2.29. The first-order valence-electron chi connectivity index (χ1n) is 4.40. The average Bonchev–Trinajstić information content (AvgIpc) is 2.50. The van der Waals surface area contributed by atoms with Gasteiger partial charge in [0.05, 0.1) is 10.2 Å². The Labute approximate surface area is 94.7 Å². The summed E-state index contributed by atoms with van der Waals surface area (Å²) >= 11 is 3.35. The maximum absolute atomic E-state index is 11.1. The van der Waals surface area contributed by atoms with Crippen LogP contribution in [-0.4, -0.2) is 20.5 Å². The molecular formula is C10H9BrN2O2. The highest BCUT2D eigenvalue weighted by atomic mass is 79.9. The van der Waals surface area contributed by atoms with Gasteiger partial charge in [-0.2, -0.15) is 0 Å². The number of halogens is 1. The minimum Gasteiger partial charge on any atom is -0.477 e. The Morgan fingerprint density at radius 1 is 1.47 bits per heavy atom. The lowest BCUT2D eigenvalue weighted by molar-refractivity contribution is 0.0688. The Bertz CT molecular complexity index is 560. The van der Waals surface area contributed by atoms with Gasteiger partial charge in [0.15, 0.2) is 11.3 Å². The van der Waals surface area contributed by atoms with E-state index in [4.69, 9.17) is 5.11 Å². The zero-order chi connectivity index (χ0) is 11.2. The molecule has 78 valence electrons. The number of nitrogens with zero attached hydrogens (tertiary/aromatic N) is 2. The number of rotatable bonds is 1. The largest absolute Gasteiger partial charge is 0.477 e. The van der Waals surface area contributed by atoms with Gasteiger partial charge in [-0.25, -0.2) is 9.78 Å². The predicted octanol–water partition coefficient (Wildman–Crippen LogP) is 2.41. The number of carbonyl (C=O) groups is 1. The van der Waals surface area contributed by atoms with Crippen LogP contribution in [0.2, 0.25) is 0 Å². The number of hydrogen-bond donors (Lipinski definition) is 1. The van der Waals surface area contributed by atoms with E-state index in [9.17, 15) is 4.79 Å². The molecule has 0 amide bonds. The van der Waals surface area contributed by atoms with Crippen LogP contribution in [-0.2, 0) is 0 Å². The van der Waals surface area contributed by atoms with Gasteiger partial charge in [-0.1, -0.05) is 0 Å². The van der Waals surface area contributed by atoms with Gasteiger partial charge in [-0.05, 0) is 41.9 Å². The molecule has 0 saturated carbocycles. The van der Waals surface area contributed by atoms with Crippen LogP contribution < -0.4 is 0 Å². The van der Waals surface area contributed by atoms with E-state index >= 15 is 0 Å². The lowest BCUT2D eigenvalue weighted by Gasteiger charge is -2.03. The first-order valence-corrected chi connectivity index (χ1v) is 5.19. The van der Waals surface area contributed by atoms with Crippen molar-refractivity contribution in [1.29, 1.82) is 0 Å². The maximum Gasteiger partial charge on any atom is 0.354 e. The molecule has 2 heterocycles. The van der Waals surface area contributed by atoms with Gasteiger partial charge >= 0.3 is 5.97 Å². The molecular weight excluding hydrogens is 260 g/mol. The van der Waals surface area contributed by atoms with Gasteiger partial charge in [0, 0.05) is 5.69 Å². The van der Waals surface area contributed by atoms with Crippen LogP contribution >= 0.6 is 15.9 Å². The second-order valence-corrected chi connectivity index (χ2v) is 4.19. The molecule has 0 spiro atoms. The van der Waals surface area contributed by atoms with E-state index in [0.717, 1.165) is 10.2 Å². The molecule has 0 saturated heterocycles. The summed E-state index contributed by atoms with van der Waals surface area (Å²) in [6, 6.07) is 3.72. The van der Waals surface area contributed by atoms with Crippen molar-refractivity contribution in [3.05, 3.63) is 33.7 Å². The average molecular weight is 269 g/mol. The van der Waals surface area contributed by atoms with Crippen molar-refractivity contribution in [1.82, 2.24) is 9.38 Å². The second kappa shape index (κ2) is 3.34. The van der Waals surface area contributed by atoms with Gasteiger partial charge < -0.3 is 5.11 Å². The number of hydrogen-bond acceptors (Lipinski definition) is 2. The first kappa shape index (κ1) is 10.2. The van der Waals surface area contributed by atoms with Crippen LogP contribution in [0.5, 0.6) is 0 Å². The Morgan fingerprint density at radius 3 is 2.73 bits per heavy atom. The fourth-order valence-corrected chi connectivity index (χ4v) is 2.02. The highest BCUT2D eigenvalue weighted by Gasteiger charge is 2.17. The third kappa shape index (κ3) is 1.43. The van der Waals surface area contributed by atoms with Crippen molar-refractivity contribution < 1.29 is 9.90 Å². The SMILES string of the molecule is Cc1nc2c(Br)ccc(C)n2c1C(=O)O. The maximum atomic E-state index is 11.1. The fourth-order valence-electron chi connectivity index (χ4n) is 1.63. The Morgan fingerprint density at radius 2 is 2.13 bits per heavy atom. The third-order valence-corrected chi connectivity index (χ3v) is 2.91. The van der Waals surface area contributed by atoms with Crippen molar-refractivity contribution in [2.75, 3.05) is 0 Å². The molecule has 0 aliphatic rings. The molecule has 0 aliphatic carbocycles. The van der Waals surface area contributed by atoms with Gasteiger partial charge in [0.1, 0.15) is 0 Å². The van der Waals surface area contributed by atoms with Crippen LogP contribution in [0.1, 0.15) is 21.9 Å². The topological polar surface area (TPSA) is 54.6 Å². The quantitative estimate of drug-likeness (QED) is 0.864. The highest BCUT2D eigenvalue weighted by molar-refractivity contribution is 9.10. The summed E-state index contributed by atoms with van der Waals surface area (Å²) in [4.78, 5) is 15.3. The van der Waals surface area contributed by atoms with Crippen LogP contribution in [0.25, 0.3) is 5.65 Å². The van der Waals surface area contributed by atoms with E-state index in [2.05, 4.69) is 20.9 Å². The van der Waals surface area contributed by atoms with Gasteiger partial charge in [-0.3, -0.25) is 4.40 Å². The van der Waals surface area contributed by atoms with E-state index < -0.39 is 5.97 Å². The number of aryl methyl sites for hydroxylation is 2. The summed E-state index contributed by atoms with van der Waals surface area (Å²) in [5.41, 5.74) is 2.25. The summed E-state index contributed by atoms with van der Waals surface area (Å²) in [7, 11) is 0. The monoisotopic (exact) mass is 268 g/mol. The molecule has 2 aromatic heterocycles. The zero-order valence-corrected chi connectivity index (χ0v) is 9.87. The zero-order valence-electron chi connectivity index (χ0n) is 8.28. The number of fused-ring (bicyclic) bond motifs is 1. The minimum atomic E-state index is -0.957. The van der Waals surface area contributed by atoms with E-state index in [0.29, 0.717) is 11.3 Å². The Kier molecular flexibility index (Phi) is 2.26. The van der Waals surface area contributed by atoms with Crippen molar-refractivity contribution >= 4 is 27.5 Å². The molecule has 0 aromatic carbocycles. The molecule has 2 aromatic rings. The van der Waals surface area contributed by atoms with Crippen LogP contribution in [0, 0.1) is 13.8 Å². The normalized spacial score (nSPS) is 10.9. The lowest BCUT2D eigenvalue weighted by atomic mass is 10.3. The summed E-state index contributed by atoms with van der Waals surface area (Å²) < 4.78 is 2.44. The summed E-state index contributed by atoms with van der Waals surface area (Å²) in [6.07, 6.45) is 0. The van der Waals surface area contributed by atoms with Crippen molar-refractivity contribution in [2.24, 2.45) is 0 Å². The molecule has 0 fully saturated rings. The van der Waals surface area contributed by atoms with Gasteiger partial charge in [0.2, 0.25) is 0 Å². The molecule has 0 atom stereocenters. The molecule has 0 unspecified atom stereocenters. The summed E-state index contributed by atoms with van der Waals surface area (Å²) in [5.74, 6) is -0.957. The molecule has 0 aliphatic heterocycles. The van der Waals surface area contributed by atoms with Gasteiger partial charge in [-0.15, -0.1) is 0 Å².